The molecule has 9 heteroatoms. The van der Waals surface area contributed by atoms with E-state index in [9.17, 15) is 9.59 Å². The maximum Gasteiger partial charge on any atom is 0.305 e. The van der Waals surface area contributed by atoms with E-state index in [-0.39, 0.29) is 12.3 Å². The minimum atomic E-state index is -1.02. The predicted molar refractivity (Wildman–Crippen MR) is 104 cm³/mol. The minimum Gasteiger partial charge on any atom is -0.496 e. The van der Waals surface area contributed by atoms with E-state index in [4.69, 9.17) is 9.84 Å². The third kappa shape index (κ3) is 5.30. The van der Waals surface area contributed by atoms with Crippen LogP contribution in [0.15, 0.2) is 28.4 Å². The molecule has 0 saturated carbocycles. The Hall–Kier alpha value is -2.39. The Kier molecular flexibility index (Phi) is 6.46. The summed E-state index contributed by atoms with van der Waals surface area (Å²) in [6.45, 7) is 3.04. The molecule has 2 N–H and O–H groups in total. The topological polar surface area (TPSA) is 104 Å². The summed E-state index contributed by atoms with van der Waals surface area (Å²) in [5.41, 5.74) is 1.98. The number of carbonyl (C=O) groups is 2. The van der Waals surface area contributed by atoms with Gasteiger partial charge in [-0.25, -0.2) is 0 Å². The van der Waals surface area contributed by atoms with Gasteiger partial charge in [-0.05, 0) is 49.7 Å². The number of nitrogens with zero attached hydrogens (tertiary/aromatic N) is 3. The number of ether oxygens (including phenoxy) is 1. The molecule has 1 aromatic carbocycles. The number of aliphatic carboxylic acids is 1. The maximum atomic E-state index is 11.7. The van der Waals surface area contributed by atoms with Gasteiger partial charge in [-0.1, -0.05) is 11.8 Å². The average molecular weight is 390 g/mol. The lowest BCUT2D eigenvalue weighted by molar-refractivity contribution is -0.138. The number of likely N-dealkylation sites (tertiary alicyclic amines) is 1. The number of amidine groups is 1. The second kappa shape index (κ2) is 9.01. The van der Waals surface area contributed by atoms with E-state index >= 15 is 0 Å². The van der Waals surface area contributed by atoms with Crippen molar-refractivity contribution >= 4 is 35.0 Å². The van der Waals surface area contributed by atoms with Gasteiger partial charge in [0.1, 0.15) is 11.0 Å². The molecular weight excluding hydrogens is 368 g/mol. The molecular formula is C18H22N4O4S. The highest BCUT2D eigenvalue weighted by Gasteiger charge is 2.32. The van der Waals surface area contributed by atoms with Crippen molar-refractivity contribution in [2.75, 3.05) is 20.2 Å². The van der Waals surface area contributed by atoms with Gasteiger partial charge in [0.2, 0.25) is 5.91 Å². The fraction of sp³-hybridized carbons (Fsp3) is 0.444. The summed E-state index contributed by atoms with van der Waals surface area (Å²) in [5, 5.41) is 19.0. The molecule has 27 heavy (non-hydrogen) atoms. The molecule has 0 aromatic heterocycles. The molecule has 2 heterocycles. The zero-order chi connectivity index (χ0) is 19.2. The lowest BCUT2D eigenvalue weighted by atomic mass is 10.1. The van der Waals surface area contributed by atoms with Crippen LogP contribution in [0.5, 0.6) is 5.75 Å². The van der Waals surface area contributed by atoms with E-state index in [0.717, 1.165) is 48.3 Å². The Morgan fingerprint density at radius 2 is 2.22 bits per heavy atom. The van der Waals surface area contributed by atoms with Crippen molar-refractivity contribution in [2.45, 2.75) is 31.1 Å². The van der Waals surface area contributed by atoms with Gasteiger partial charge in [0.15, 0.2) is 5.17 Å². The molecule has 0 aliphatic carbocycles. The van der Waals surface area contributed by atoms with Gasteiger partial charge in [-0.15, -0.1) is 5.10 Å². The normalized spacial score (nSPS) is 21.9. The molecule has 3 rings (SSSR count). The van der Waals surface area contributed by atoms with Crippen LogP contribution in [0, 0.1) is 0 Å². The van der Waals surface area contributed by atoms with Gasteiger partial charge in [-0.2, -0.15) is 5.10 Å². The number of benzene rings is 1. The number of carbonyl (C=O) groups excluding carboxylic acids is 1. The van der Waals surface area contributed by atoms with Crippen molar-refractivity contribution < 1.29 is 19.4 Å². The third-order valence-electron chi connectivity index (χ3n) is 4.39. The van der Waals surface area contributed by atoms with Crippen LogP contribution in [0.4, 0.5) is 0 Å². The van der Waals surface area contributed by atoms with Crippen LogP contribution in [-0.2, 0) is 16.1 Å². The van der Waals surface area contributed by atoms with Crippen LogP contribution in [0.3, 0.4) is 0 Å². The molecule has 1 atom stereocenters. The van der Waals surface area contributed by atoms with E-state index in [1.807, 2.05) is 18.2 Å². The molecule has 0 spiro atoms. The molecule has 1 aromatic rings. The Balaban J connectivity index is 1.66. The molecule has 1 amide bonds. The van der Waals surface area contributed by atoms with Crippen LogP contribution in [0.2, 0.25) is 0 Å². The van der Waals surface area contributed by atoms with Crippen molar-refractivity contribution in [2.24, 2.45) is 10.2 Å². The summed E-state index contributed by atoms with van der Waals surface area (Å²) in [4.78, 5) is 24.8. The number of hydrogen-bond donors (Lipinski definition) is 2. The quantitative estimate of drug-likeness (QED) is 0.542. The van der Waals surface area contributed by atoms with Gasteiger partial charge in [0.25, 0.3) is 0 Å². The Bertz CT molecular complexity index is 775. The monoisotopic (exact) mass is 390 g/mol. The second-order valence-corrected chi connectivity index (χ2v) is 7.59. The summed E-state index contributed by atoms with van der Waals surface area (Å²) in [6, 6.07) is 5.83. The Morgan fingerprint density at radius 3 is 2.93 bits per heavy atom. The first-order valence-corrected chi connectivity index (χ1v) is 9.62. The summed E-state index contributed by atoms with van der Waals surface area (Å²) in [7, 11) is 1.66. The number of rotatable bonds is 7. The van der Waals surface area contributed by atoms with E-state index in [1.54, 1.807) is 13.3 Å². The molecule has 2 fully saturated rings. The first-order valence-electron chi connectivity index (χ1n) is 8.75. The fourth-order valence-corrected chi connectivity index (χ4v) is 3.99. The minimum absolute atomic E-state index is 0.239. The molecule has 144 valence electrons. The molecule has 1 unspecified atom stereocenters. The highest BCUT2D eigenvalue weighted by molar-refractivity contribution is 8.15. The molecule has 2 saturated heterocycles. The molecule has 2 aliphatic rings. The van der Waals surface area contributed by atoms with Gasteiger partial charge < -0.3 is 15.2 Å². The number of carboxylic acid groups (broad SMARTS) is 1. The summed E-state index contributed by atoms with van der Waals surface area (Å²) < 4.78 is 5.45. The Morgan fingerprint density at radius 1 is 1.44 bits per heavy atom. The zero-order valence-corrected chi connectivity index (χ0v) is 15.9. The average Bonchev–Trinajstić information content (AvgIpc) is 3.25. The molecule has 0 bridgehead atoms. The number of methoxy groups -OCH3 is 1. The number of hydrogen-bond acceptors (Lipinski definition) is 7. The summed E-state index contributed by atoms with van der Waals surface area (Å²) in [5.74, 6) is -0.523. The molecule has 0 radical (unpaired) electrons. The van der Waals surface area contributed by atoms with Gasteiger partial charge in [0, 0.05) is 12.1 Å². The number of amides is 1. The summed E-state index contributed by atoms with van der Waals surface area (Å²) >= 11 is 1.08. The maximum absolute atomic E-state index is 11.7. The van der Waals surface area contributed by atoms with Crippen LogP contribution < -0.4 is 10.1 Å². The SMILES string of the molecule is COc1ccc(C=NN=C2NC(=O)C(CC(=O)O)S2)cc1CN1CCCC1. The van der Waals surface area contributed by atoms with Crippen LogP contribution in [0.25, 0.3) is 0 Å². The summed E-state index contributed by atoms with van der Waals surface area (Å²) in [6.07, 6.45) is 3.83. The predicted octanol–water partition coefficient (Wildman–Crippen LogP) is 1.69. The van der Waals surface area contributed by atoms with E-state index in [2.05, 4.69) is 20.4 Å². The molecule has 2 aliphatic heterocycles. The van der Waals surface area contributed by atoms with Gasteiger partial charge in [0.05, 0.1) is 19.7 Å². The number of carboxylic acids is 1. The van der Waals surface area contributed by atoms with Gasteiger partial charge in [-0.3, -0.25) is 14.5 Å². The van der Waals surface area contributed by atoms with Crippen molar-refractivity contribution in [1.82, 2.24) is 10.2 Å². The number of nitrogens with one attached hydrogen (secondary N) is 1. The van der Waals surface area contributed by atoms with Crippen LogP contribution in [-0.4, -0.2) is 58.7 Å². The van der Waals surface area contributed by atoms with Crippen molar-refractivity contribution in [3.05, 3.63) is 29.3 Å². The van der Waals surface area contributed by atoms with Crippen LogP contribution >= 0.6 is 11.8 Å². The van der Waals surface area contributed by atoms with Crippen molar-refractivity contribution in [3.63, 3.8) is 0 Å². The highest BCUT2D eigenvalue weighted by Crippen LogP contribution is 2.24. The first-order chi connectivity index (χ1) is 13.0. The Labute approximate surface area is 161 Å². The lowest BCUT2D eigenvalue weighted by Crippen LogP contribution is -2.26. The molecule has 8 nitrogen and oxygen atoms in total. The first kappa shape index (κ1) is 19.4. The largest absolute Gasteiger partial charge is 0.496 e. The lowest BCUT2D eigenvalue weighted by Gasteiger charge is -2.17. The smallest absolute Gasteiger partial charge is 0.305 e. The second-order valence-electron chi connectivity index (χ2n) is 6.40. The van der Waals surface area contributed by atoms with Gasteiger partial charge >= 0.3 is 5.97 Å². The fourth-order valence-electron chi connectivity index (χ4n) is 3.08. The highest BCUT2D eigenvalue weighted by atomic mass is 32.2. The van der Waals surface area contributed by atoms with Crippen molar-refractivity contribution in [1.29, 1.82) is 0 Å². The standard InChI is InChI=1S/C18H22N4O4S/c1-26-14-5-4-12(8-13(14)11-22-6-2-3-7-22)10-19-21-18-20-17(25)15(27-18)9-16(23)24/h4-5,8,10,15H,2-3,6-7,9,11H2,1H3,(H,23,24)(H,20,21,25). The van der Waals surface area contributed by atoms with Crippen molar-refractivity contribution in [3.8, 4) is 5.75 Å². The van der Waals surface area contributed by atoms with Crippen LogP contribution in [0.1, 0.15) is 30.4 Å². The van der Waals surface area contributed by atoms with E-state index < -0.39 is 11.2 Å². The zero-order valence-electron chi connectivity index (χ0n) is 15.1. The van der Waals surface area contributed by atoms with E-state index in [0.29, 0.717) is 5.17 Å². The van der Waals surface area contributed by atoms with E-state index in [1.165, 1.54) is 12.8 Å². The third-order valence-corrected chi connectivity index (χ3v) is 5.46. The number of thioether (sulfide) groups is 1.